The van der Waals surface area contributed by atoms with Crippen LogP contribution < -0.4 is 5.73 Å². The van der Waals surface area contributed by atoms with E-state index in [-0.39, 0.29) is 0 Å². The molecule has 0 aliphatic rings. The van der Waals surface area contributed by atoms with Crippen molar-refractivity contribution in [1.82, 2.24) is 0 Å². The summed E-state index contributed by atoms with van der Waals surface area (Å²) < 4.78 is 4.83. The van der Waals surface area contributed by atoms with Crippen molar-refractivity contribution >= 4 is 5.91 Å². The van der Waals surface area contributed by atoms with Crippen molar-refractivity contribution in [2.75, 3.05) is 0 Å². The van der Waals surface area contributed by atoms with Gasteiger partial charge in [-0.3, -0.25) is 4.79 Å². The Morgan fingerprint density at radius 1 is 1.60 bits per heavy atom. The number of aryl methyl sites for hydroxylation is 1. The molecular weight excluding hydrogens is 130 g/mol. The largest absolute Gasteiger partial charge is 0.457 e. The van der Waals surface area contributed by atoms with Crippen LogP contribution in [0.4, 0.5) is 0 Å². The quantitative estimate of drug-likeness (QED) is 0.623. The van der Waals surface area contributed by atoms with Crippen LogP contribution in [-0.2, 0) is 0 Å². The third kappa shape index (κ3) is 0.900. The SMILES string of the molecule is Cc1o[c]c(C(N)=O)c1C. The fourth-order valence-electron chi connectivity index (χ4n) is 0.692. The maximum Gasteiger partial charge on any atom is 0.253 e. The van der Waals surface area contributed by atoms with Gasteiger partial charge in [-0.2, -0.15) is 0 Å². The molecule has 1 heterocycles. The molecule has 0 spiro atoms. The molecule has 1 aromatic rings. The molecule has 0 fully saturated rings. The normalized spacial score (nSPS) is 9.80. The highest BCUT2D eigenvalue weighted by atomic mass is 16.3. The number of hydrogen-bond acceptors (Lipinski definition) is 2. The van der Waals surface area contributed by atoms with Gasteiger partial charge in [0.1, 0.15) is 5.76 Å². The second-order valence-corrected chi connectivity index (χ2v) is 2.12. The minimum Gasteiger partial charge on any atom is -0.457 e. The Morgan fingerprint density at radius 3 is 2.40 bits per heavy atom. The van der Waals surface area contributed by atoms with Gasteiger partial charge in [-0.1, -0.05) is 0 Å². The summed E-state index contributed by atoms with van der Waals surface area (Å²) in [4.78, 5) is 10.6. The van der Waals surface area contributed by atoms with Gasteiger partial charge in [0, 0.05) is 5.56 Å². The van der Waals surface area contributed by atoms with E-state index in [9.17, 15) is 4.79 Å². The van der Waals surface area contributed by atoms with Crippen LogP contribution in [0.15, 0.2) is 4.42 Å². The van der Waals surface area contributed by atoms with Crippen molar-refractivity contribution in [2.24, 2.45) is 5.73 Å². The first kappa shape index (κ1) is 6.86. The summed E-state index contributed by atoms with van der Waals surface area (Å²) in [5, 5.41) is 0. The van der Waals surface area contributed by atoms with Gasteiger partial charge in [0.05, 0.1) is 5.56 Å². The first-order valence-electron chi connectivity index (χ1n) is 2.90. The first-order chi connectivity index (χ1) is 4.63. The van der Waals surface area contributed by atoms with Gasteiger partial charge in [0.15, 0.2) is 6.26 Å². The van der Waals surface area contributed by atoms with Gasteiger partial charge in [-0.15, -0.1) is 0 Å². The fraction of sp³-hybridized carbons (Fsp3) is 0.286. The zero-order chi connectivity index (χ0) is 7.72. The number of carbonyl (C=O) groups is 1. The van der Waals surface area contributed by atoms with Crippen LogP contribution in [0.2, 0.25) is 0 Å². The molecule has 0 aliphatic heterocycles. The molecule has 0 unspecified atom stereocenters. The summed E-state index contributed by atoms with van der Waals surface area (Å²) >= 11 is 0. The highest BCUT2D eigenvalue weighted by Crippen LogP contribution is 2.12. The number of primary amides is 1. The zero-order valence-electron chi connectivity index (χ0n) is 5.89. The molecule has 1 radical (unpaired) electrons. The van der Waals surface area contributed by atoms with Gasteiger partial charge in [0.2, 0.25) is 0 Å². The highest BCUT2D eigenvalue weighted by Gasteiger charge is 2.10. The summed E-state index contributed by atoms with van der Waals surface area (Å²) in [6, 6.07) is 0. The van der Waals surface area contributed by atoms with E-state index in [1.807, 2.05) is 0 Å². The van der Waals surface area contributed by atoms with Crippen molar-refractivity contribution in [2.45, 2.75) is 13.8 Å². The second-order valence-electron chi connectivity index (χ2n) is 2.12. The molecule has 0 saturated carbocycles. The van der Waals surface area contributed by atoms with Crippen molar-refractivity contribution < 1.29 is 9.21 Å². The topological polar surface area (TPSA) is 56.2 Å². The van der Waals surface area contributed by atoms with Gasteiger partial charge in [-0.05, 0) is 13.8 Å². The average Bonchev–Trinajstić information content (AvgIpc) is 2.14. The minimum atomic E-state index is -0.491. The van der Waals surface area contributed by atoms with Gasteiger partial charge >= 0.3 is 0 Å². The van der Waals surface area contributed by atoms with E-state index in [1.54, 1.807) is 13.8 Å². The summed E-state index contributed by atoms with van der Waals surface area (Å²) in [6.07, 6.45) is 2.42. The highest BCUT2D eigenvalue weighted by molar-refractivity contribution is 5.93. The molecule has 53 valence electrons. The van der Waals surface area contributed by atoms with Crippen molar-refractivity contribution in [1.29, 1.82) is 0 Å². The van der Waals surface area contributed by atoms with E-state index < -0.39 is 5.91 Å². The lowest BCUT2D eigenvalue weighted by atomic mass is 10.2. The van der Waals surface area contributed by atoms with Gasteiger partial charge in [0.25, 0.3) is 5.91 Å². The van der Waals surface area contributed by atoms with E-state index in [0.29, 0.717) is 11.3 Å². The van der Waals surface area contributed by atoms with E-state index in [2.05, 4.69) is 6.26 Å². The lowest BCUT2D eigenvalue weighted by Gasteiger charge is -1.88. The molecule has 3 nitrogen and oxygen atoms in total. The number of amides is 1. The van der Waals surface area contributed by atoms with E-state index in [0.717, 1.165) is 5.56 Å². The average molecular weight is 138 g/mol. The van der Waals surface area contributed by atoms with E-state index in [1.165, 1.54) is 0 Å². The van der Waals surface area contributed by atoms with Crippen LogP contribution in [0.5, 0.6) is 0 Å². The molecular formula is C7H8NO2. The van der Waals surface area contributed by atoms with Crippen molar-refractivity contribution in [3.63, 3.8) is 0 Å². The number of hydrogen-bond donors (Lipinski definition) is 1. The smallest absolute Gasteiger partial charge is 0.253 e. The van der Waals surface area contributed by atoms with Crippen LogP contribution >= 0.6 is 0 Å². The van der Waals surface area contributed by atoms with Crippen molar-refractivity contribution in [3.8, 4) is 0 Å². The standard InChI is InChI=1S/C7H8NO2/c1-4-5(2)10-3-6(4)7(8)9/h1-2H3,(H2,8,9). The lowest BCUT2D eigenvalue weighted by molar-refractivity contribution is 0.0999. The van der Waals surface area contributed by atoms with Gasteiger partial charge in [-0.25, -0.2) is 0 Å². The Hall–Kier alpha value is -1.25. The van der Waals surface area contributed by atoms with Gasteiger partial charge < -0.3 is 10.2 Å². The van der Waals surface area contributed by atoms with Crippen LogP contribution in [0.3, 0.4) is 0 Å². The maximum atomic E-state index is 10.6. The molecule has 3 heteroatoms. The summed E-state index contributed by atoms with van der Waals surface area (Å²) in [7, 11) is 0. The number of rotatable bonds is 1. The Labute approximate surface area is 58.8 Å². The third-order valence-electron chi connectivity index (χ3n) is 1.46. The monoisotopic (exact) mass is 138 g/mol. The van der Waals surface area contributed by atoms with Crippen LogP contribution in [-0.4, -0.2) is 5.91 Å². The summed E-state index contributed by atoms with van der Waals surface area (Å²) in [6.45, 7) is 3.54. The minimum absolute atomic E-state index is 0.345. The molecule has 1 amide bonds. The van der Waals surface area contributed by atoms with E-state index >= 15 is 0 Å². The number of carbonyl (C=O) groups excluding carboxylic acids is 1. The first-order valence-corrected chi connectivity index (χ1v) is 2.90. The molecule has 0 aliphatic carbocycles. The number of furan rings is 1. The van der Waals surface area contributed by atoms with Crippen molar-refractivity contribution in [3.05, 3.63) is 23.2 Å². The molecule has 0 atom stereocenters. The molecule has 10 heavy (non-hydrogen) atoms. The van der Waals surface area contributed by atoms with Crippen LogP contribution in [0, 0.1) is 20.1 Å². The lowest BCUT2D eigenvalue weighted by Crippen LogP contribution is -2.11. The van der Waals surface area contributed by atoms with Crippen LogP contribution in [0.1, 0.15) is 21.7 Å². The fourth-order valence-corrected chi connectivity index (χ4v) is 0.692. The zero-order valence-corrected chi connectivity index (χ0v) is 5.89. The predicted molar refractivity (Wildman–Crippen MR) is 35.5 cm³/mol. The summed E-state index contributed by atoms with van der Waals surface area (Å²) in [5.41, 5.74) is 6.11. The Balaban J connectivity index is 3.17. The maximum absolute atomic E-state index is 10.6. The summed E-state index contributed by atoms with van der Waals surface area (Å²) in [5.74, 6) is 0.197. The van der Waals surface area contributed by atoms with E-state index in [4.69, 9.17) is 10.2 Å². The Morgan fingerprint density at radius 2 is 2.20 bits per heavy atom. The molecule has 0 aromatic carbocycles. The molecule has 1 aromatic heterocycles. The van der Waals surface area contributed by atoms with Crippen LogP contribution in [0.25, 0.3) is 0 Å². The molecule has 0 bridgehead atoms. The molecule has 2 N–H and O–H groups in total. The second kappa shape index (κ2) is 2.17. The predicted octanol–water partition coefficient (Wildman–Crippen LogP) is 0.796. The molecule has 0 saturated heterocycles. The Bertz CT molecular complexity index is 263. The third-order valence-corrected chi connectivity index (χ3v) is 1.46. The molecule has 1 rings (SSSR count). The number of nitrogens with two attached hydrogens (primary N) is 1. The Kier molecular flexibility index (Phi) is 1.49.